The van der Waals surface area contributed by atoms with Crippen molar-refractivity contribution >= 4 is 29.9 Å². The number of rotatable bonds is 30. The van der Waals surface area contributed by atoms with Crippen LogP contribution in [0.4, 0.5) is 9.59 Å². The van der Waals surface area contributed by atoms with Gasteiger partial charge in [-0.2, -0.15) is 0 Å². The van der Waals surface area contributed by atoms with Crippen LogP contribution in [0.3, 0.4) is 0 Å². The number of ether oxygens (including phenoxy) is 10. The summed E-state index contributed by atoms with van der Waals surface area (Å²) in [5.74, 6) is -4.69. The number of nitrogens with one attached hydrogen (secondary N) is 5. The summed E-state index contributed by atoms with van der Waals surface area (Å²) in [6.07, 6.45) is -24.8. The Bertz CT molecular complexity index is 1730. The van der Waals surface area contributed by atoms with Crippen LogP contribution in [0.2, 0.25) is 0 Å². The first-order chi connectivity index (χ1) is 35.4. The Labute approximate surface area is 435 Å². The highest BCUT2D eigenvalue weighted by molar-refractivity contribution is 5.89. The fraction of sp³-hybridized carbons (Fsp3) is 0.891. The van der Waals surface area contributed by atoms with Crippen LogP contribution < -0.4 is 26.6 Å². The van der Waals surface area contributed by atoms with Crippen LogP contribution in [0.5, 0.6) is 0 Å². The van der Waals surface area contributed by atoms with Crippen molar-refractivity contribution < 1.29 is 117 Å². The molecule has 3 aliphatic heterocycles. The average Bonchev–Trinajstić information content (AvgIpc) is 3.35. The number of carbonyl (C=O) groups excluding carboxylic acids is 5. The van der Waals surface area contributed by atoms with E-state index in [2.05, 4.69) is 26.6 Å². The molecule has 3 saturated heterocycles. The van der Waals surface area contributed by atoms with Gasteiger partial charge < -0.3 is 120 Å². The third-order valence-electron chi connectivity index (χ3n) is 12.6. The van der Waals surface area contributed by atoms with E-state index >= 15 is 0 Å². The summed E-state index contributed by atoms with van der Waals surface area (Å²) in [6, 6.07) is -4.16. The zero-order valence-corrected chi connectivity index (χ0v) is 43.8. The molecule has 75 heavy (non-hydrogen) atoms. The summed E-state index contributed by atoms with van der Waals surface area (Å²) in [5.41, 5.74) is 0. The van der Waals surface area contributed by atoms with Crippen LogP contribution >= 0.6 is 0 Å². The number of aliphatic hydroxyl groups excluding tert-OH is 9. The molecule has 14 N–H and O–H groups in total. The Kier molecular flexibility index (Phi) is 28.2. The van der Waals surface area contributed by atoms with Crippen molar-refractivity contribution in [1.29, 1.82) is 0 Å². The molecule has 3 fully saturated rings. The summed E-state index contributed by atoms with van der Waals surface area (Å²) in [4.78, 5) is 63.8. The molecule has 3 heterocycles. The van der Waals surface area contributed by atoms with Crippen LogP contribution in [-0.4, -0.2) is 259 Å². The minimum atomic E-state index is -2.15. The van der Waals surface area contributed by atoms with Gasteiger partial charge in [0.2, 0.25) is 17.7 Å². The van der Waals surface area contributed by atoms with Gasteiger partial charge in [-0.3, -0.25) is 14.4 Å². The van der Waals surface area contributed by atoms with Crippen molar-refractivity contribution in [1.82, 2.24) is 26.6 Å². The van der Waals surface area contributed by atoms with Gasteiger partial charge in [0, 0.05) is 34.1 Å². The number of methoxy groups -OCH3 is 2. The Morgan fingerprint density at radius 1 is 0.733 bits per heavy atom. The fourth-order valence-electron chi connectivity index (χ4n) is 8.85. The van der Waals surface area contributed by atoms with Crippen molar-refractivity contribution in [2.45, 2.75) is 177 Å². The molecule has 17 atom stereocenters. The van der Waals surface area contributed by atoms with E-state index in [0.717, 1.165) is 0 Å². The van der Waals surface area contributed by atoms with E-state index < -0.39 is 172 Å². The van der Waals surface area contributed by atoms with Gasteiger partial charge in [0.1, 0.15) is 86.3 Å². The Morgan fingerprint density at radius 2 is 1.32 bits per heavy atom. The summed E-state index contributed by atoms with van der Waals surface area (Å²) in [5, 5.41) is 111. The Hall–Kier alpha value is -3.73. The van der Waals surface area contributed by atoms with E-state index in [1.165, 1.54) is 28.1 Å². The Morgan fingerprint density at radius 3 is 1.88 bits per heavy atom. The molecule has 3 rings (SSSR count). The highest BCUT2D eigenvalue weighted by Crippen LogP contribution is 2.38. The highest BCUT2D eigenvalue weighted by atomic mass is 16.8. The lowest BCUT2D eigenvalue weighted by Crippen LogP contribution is -2.70. The molecule has 0 aromatic rings. The van der Waals surface area contributed by atoms with Crippen LogP contribution in [0.1, 0.15) is 67.2 Å². The highest BCUT2D eigenvalue weighted by Gasteiger charge is 2.56. The minimum absolute atomic E-state index is 0.0166. The van der Waals surface area contributed by atoms with Crippen molar-refractivity contribution in [2.24, 2.45) is 11.8 Å². The molecular formula is C46H83N5O24. The van der Waals surface area contributed by atoms with E-state index in [0.29, 0.717) is 6.42 Å². The van der Waals surface area contributed by atoms with Crippen LogP contribution in [-0.2, 0) is 61.8 Å². The minimum Gasteiger partial charge on any atom is -0.447 e. The van der Waals surface area contributed by atoms with E-state index in [1.54, 1.807) is 0 Å². The molecule has 3 aliphatic rings. The van der Waals surface area contributed by atoms with Gasteiger partial charge in [0.05, 0.1) is 57.8 Å². The van der Waals surface area contributed by atoms with Crippen LogP contribution in [0.15, 0.2) is 0 Å². The van der Waals surface area contributed by atoms with Crippen LogP contribution in [0.25, 0.3) is 0 Å². The molecule has 436 valence electrons. The molecule has 0 aromatic carbocycles. The maximum absolute atomic E-state index is 13.5. The predicted octanol–water partition coefficient (Wildman–Crippen LogP) is -5.06. The standard InChI is InChI=1S/C46H83N5O24/c1-22(2)37(23(3)4)72-42-32(49-24(5)55)38(34(60)28(20-53)70-42)73-43-36(62)40(35(61)29(21-54)71-43)75-46(6)17-26(56)31(39(74-46)33(59)27(57)19-52)51-30(58)18-48-41(63)25(50-45(65)69-16-14-67-8)11-9-10-12-47-44(64)68-15-13-66-7/h22-23,25-29,31-40,42-43,52-54,56-57,59-62H,9-21H2,1-8H3,(H,47,64)(H,48,63)(H,49,55)(H,50,65)(H,51,58)/t25?,26-,27+,28?,29?,31+,32?,33+,34-,35-,36?,38+,39?,40-,42-,43-,46+/m0/s1. The molecule has 0 aromatic heterocycles. The molecule has 5 amide bonds. The number of hydrogen-bond donors (Lipinski definition) is 14. The summed E-state index contributed by atoms with van der Waals surface area (Å²) < 4.78 is 56.1. The van der Waals surface area contributed by atoms with Crippen molar-refractivity contribution in [3.63, 3.8) is 0 Å². The maximum Gasteiger partial charge on any atom is 0.407 e. The van der Waals surface area contributed by atoms with Gasteiger partial charge in [-0.15, -0.1) is 0 Å². The van der Waals surface area contributed by atoms with E-state index in [4.69, 9.17) is 47.4 Å². The lowest BCUT2D eigenvalue weighted by atomic mass is 9.88. The topological polar surface area (TPSA) is 420 Å². The number of hydrogen-bond acceptors (Lipinski definition) is 24. The summed E-state index contributed by atoms with van der Waals surface area (Å²) >= 11 is 0. The quantitative estimate of drug-likeness (QED) is 0.0299. The number of unbranched alkanes of at least 4 members (excludes halogenated alkanes) is 1. The van der Waals surface area contributed by atoms with Crippen molar-refractivity contribution in [3.8, 4) is 0 Å². The fourth-order valence-corrected chi connectivity index (χ4v) is 8.85. The average molecular weight is 1090 g/mol. The molecule has 0 bridgehead atoms. The lowest BCUT2D eigenvalue weighted by molar-refractivity contribution is -0.385. The third-order valence-corrected chi connectivity index (χ3v) is 12.6. The second kappa shape index (κ2) is 32.2. The van der Waals surface area contributed by atoms with Gasteiger partial charge in [0.25, 0.3) is 0 Å². The second-order valence-electron chi connectivity index (χ2n) is 19.3. The largest absolute Gasteiger partial charge is 0.447 e. The molecule has 0 aliphatic carbocycles. The number of alkyl carbamates (subject to hydrolysis) is 2. The smallest absolute Gasteiger partial charge is 0.407 e. The molecule has 6 unspecified atom stereocenters. The van der Waals surface area contributed by atoms with Gasteiger partial charge in [-0.1, -0.05) is 27.7 Å². The van der Waals surface area contributed by atoms with E-state index in [1.807, 2.05) is 27.7 Å². The lowest BCUT2D eigenvalue weighted by Gasteiger charge is -2.51. The zero-order valence-electron chi connectivity index (χ0n) is 43.8. The first kappa shape index (κ1) is 65.6. The van der Waals surface area contributed by atoms with E-state index in [9.17, 15) is 69.9 Å². The molecular weight excluding hydrogens is 1010 g/mol. The van der Waals surface area contributed by atoms with Crippen molar-refractivity contribution in [2.75, 3.05) is 73.6 Å². The van der Waals surface area contributed by atoms with Gasteiger partial charge in [0.15, 0.2) is 18.4 Å². The first-order valence-electron chi connectivity index (χ1n) is 25.0. The molecule has 0 spiro atoms. The zero-order chi connectivity index (χ0) is 56.2. The van der Waals surface area contributed by atoms with Gasteiger partial charge in [-0.25, -0.2) is 9.59 Å². The molecule has 29 nitrogen and oxygen atoms in total. The SMILES string of the molecule is COCCOC(=O)NCCCCC(NC(=O)OCCOC)C(=O)NCC(=O)N[C@H]1C([C@H](O)[C@H](O)CO)O[C@](C)(O[C@@H]2C(O)[C@H](O[C@@H]3C(NC(C)=O)[C@H](OC(C(C)C)C(C)C)OC(CO)[C@@H]3O)OC(CO)[C@@H]2O)C[C@@H]1O. The third kappa shape index (κ3) is 19.9. The molecule has 0 saturated carbocycles. The monoisotopic (exact) mass is 1090 g/mol. The summed E-state index contributed by atoms with van der Waals surface area (Å²) in [6.45, 7) is 6.88. The summed E-state index contributed by atoms with van der Waals surface area (Å²) in [7, 11) is 2.84. The predicted molar refractivity (Wildman–Crippen MR) is 255 cm³/mol. The number of aliphatic hydroxyl groups is 9. The number of amides is 5. The van der Waals surface area contributed by atoms with Gasteiger partial charge in [-0.05, 0) is 38.0 Å². The normalized spacial score (nSPS) is 31.3. The van der Waals surface area contributed by atoms with Crippen LogP contribution in [0, 0.1) is 11.8 Å². The second-order valence-corrected chi connectivity index (χ2v) is 19.3. The number of carbonyl (C=O) groups is 5. The molecule has 0 radical (unpaired) electrons. The van der Waals surface area contributed by atoms with Gasteiger partial charge >= 0.3 is 12.2 Å². The molecule has 29 heteroatoms. The first-order valence-corrected chi connectivity index (χ1v) is 25.0. The van der Waals surface area contributed by atoms with E-state index in [-0.39, 0.29) is 57.6 Å². The maximum atomic E-state index is 13.5. The Balaban J connectivity index is 1.82. The van der Waals surface area contributed by atoms with Crippen molar-refractivity contribution in [3.05, 3.63) is 0 Å².